The first-order chi connectivity index (χ1) is 11.0. The molecule has 0 aromatic heterocycles. The molecule has 2 unspecified atom stereocenters. The molecule has 0 aromatic carbocycles. The number of likely N-dealkylation sites (N-methyl/N-ethyl adjacent to an activating group) is 1. The fourth-order valence-electron chi connectivity index (χ4n) is 2.43. The molecule has 142 valence electrons. The van der Waals surface area contributed by atoms with E-state index in [4.69, 9.17) is 4.74 Å². The molecule has 24 heavy (non-hydrogen) atoms. The van der Waals surface area contributed by atoms with Crippen molar-refractivity contribution in [1.29, 1.82) is 0 Å². The summed E-state index contributed by atoms with van der Waals surface area (Å²) < 4.78 is 5.40. The van der Waals surface area contributed by atoms with Gasteiger partial charge < -0.3 is 20.3 Å². The van der Waals surface area contributed by atoms with Crippen LogP contribution < -0.4 is 10.6 Å². The number of rotatable bonds is 9. The zero-order valence-corrected chi connectivity index (χ0v) is 18.0. The number of amides is 1. The van der Waals surface area contributed by atoms with Crippen LogP contribution in [-0.4, -0.2) is 63.2 Å². The minimum absolute atomic E-state index is 0. The van der Waals surface area contributed by atoms with E-state index in [-0.39, 0.29) is 36.4 Å². The van der Waals surface area contributed by atoms with Gasteiger partial charge >= 0.3 is 0 Å². The Morgan fingerprint density at radius 3 is 2.71 bits per heavy atom. The quantitative estimate of drug-likeness (QED) is 0.243. The predicted octanol–water partition coefficient (Wildman–Crippen LogP) is 2.23. The van der Waals surface area contributed by atoms with E-state index in [0.29, 0.717) is 12.0 Å². The molecule has 1 aliphatic rings. The van der Waals surface area contributed by atoms with Crippen molar-refractivity contribution in [3.63, 3.8) is 0 Å². The van der Waals surface area contributed by atoms with Gasteiger partial charge in [0.05, 0.1) is 6.61 Å². The third kappa shape index (κ3) is 10.3. The highest BCUT2D eigenvalue weighted by atomic mass is 127. The molecule has 7 heteroatoms. The van der Waals surface area contributed by atoms with Crippen molar-refractivity contribution in [3.05, 3.63) is 0 Å². The Hall–Kier alpha value is -0.570. The molecule has 0 aromatic rings. The Morgan fingerprint density at radius 1 is 1.38 bits per heavy atom. The second-order valence-electron chi connectivity index (χ2n) is 6.60. The normalized spacial score (nSPS) is 18.7. The van der Waals surface area contributed by atoms with Crippen molar-refractivity contribution in [2.45, 2.75) is 52.0 Å². The lowest BCUT2D eigenvalue weighted by atomic mass is 10.1. The van der Waals surface area contributed by atoms with E-state index in [1.54, 1.807) is 19.0 Å². The number of unbranched alkanes of at least 4 members (excludes halogenated alkanes) is 2. The van der Waals surface area contributed by atoms with Gasteiger partial charge in [-0.05, 0) is 19.8 Å². The van der Waals surface area contributed by atoms with Gasteiger partial charge in [-0.15, -0.1) is 24.0 Å². The largest absolute Gasteiger partial charge is 0.381 e. The van der Waals surface area contributed by atoms with Crippen molar-refractivity contribution < 1.29 is 9.53 Å². The smallest absolute Gasteiger partial charge is 0.243 e. The Labute approximate surface area is 164 Å². The van der Waals surface area contributed by atoms with E-state index >= 15 is 0 Å². The van der Waals surface area contributed by atoms with Gasteiger partial charge in [0.2, 0.25) is 5.91 Å². The number of nitrogens with one attached hydrogen (secondary N) is 2. The lowest BCUT2D eigenvalue weighted by Crippen LogP contribution is -2.44. The molecule has 6 nitrogen and oxygen atoms in total. The summed E-state index contributed by atoms with van der Waals surface area (Å²) in [5.41, 5.74) is 0. The molecule has 1 saturated heterocycles. The number of hydrogen-bond donors (Lipinski definition) is 2. The Bertz CT molecular complexity index is 372. The Balaban J connectivity index is 0.00000529. The highest BCUT2D eigenvalue weighted by Gasteiger charge is 2.16. The van der Waals surface area contributed by atoms with E-state index in [1.165, 1.54) is 19.3 Å². The lowest BCUT2D eigenvalue weighted by molar-refractivity contribution is -0.127. The maximum Gasteiger partial charge on any atom is 0.243 e. The van der Waals surface area contributed by atoms with Gasteiger partial charge in [-0.3, -0.25) is 4.79 Å². The molecule has 0 aliphatic carbocycles. The first-order valence-corrected chi connectivity index (χ1v) is 8.85. The number of carbonyl (C=O) groups excluding carboxylic acids is 1. The fourth-order valence-corrected chi connectivity index (χ4v) is 2.43. The Kier molecular flexibility index (Phi) is 13.4. The van der Waals surface area contributed by atoms with Crippen LogP contribution in [0.15, 0.2) is 4.99 Å². The molecule has 1 heterocycles. The number of carbonyl (C=O) groups is 1. The van der Waals surface area contributed by atoms with Crippen LogP contribution in [0, 0.1) is 5.92 Å². The van der Waals surface area contributed by atoms with Crippen LogP contribution in [0.1, 0.15) is 46.0 Å². The summed E-state index contributed by atoms with van der Waals surface area (Å²) in [7, 11) is 3.50. The molecule has 1 fully saturated rings. The maximum atomic E-state index is 11.7. The van der Waals surface area contributed by atoms with Gasteiger partial charge in [0, 0.05) is 39.2 Å². The van der Waals surface area contributed by atoms with Crippen molar-refractivity contribution in [2.24, 2.45) is 10.9 Å². The highest BCUT2D eigenvalue weighted by Crippen LogP contribution is 2.10. The standard InChI is InChI=1S/C17H34N4O2.HI/c1-5-6-7-8-14(2)20-17(19-12-16(22)21(3)4)18-11-15-9-10-23-13-15;/h14-15H,5-13H2,1-4H3,(H2,18,19,20);1H. The molecular weight excluding hydrogens is 419 g/mol. The van der Waals surface area contributed by atoms with Crippen LogP contribution in [0.4, 0.5) is 0 Å². The van der Waals surface area contributed by atoms with Crippen LogP contribution in [0.2, 0.25) is 0 Å². The molecule has 2 atom stereocenters. The minimum atomic E-state index is 0. The number of hydrogen-bond acceptors (Lipinski definition) is 3. The van der Waals surface area contributed by atoms with Gasteiger partial charge in [0.15, 0.2) is 5.96 Å². The van der Waals surface area contributed by atoms with Crippen LogP contribution in [0.3, 0.4) is 0 Å². The van der Waals surface area contributed by atoms with Gasteiger partial charge in [-0.1, -0.05) is 26.2 Å². The fraction of sp³-hybridized carbons (Fsp3) is 0.882. The second-order valence-corrected chi connectivity index (χ2v) is 6.60. The number of aliphatic imine (C=N–C) groups is 1. The summed E-state index contributed by atoms with van der Waals surface area (Å²) in [6, 6.07) is 0.349. The first-order valence-electron chi connectivity index (χ1n) is 8.85. The van der Waals surface area contributed by atoms with Crippen LogP contribution in [0.5, 0.6) is 0 Å². The molecule has 1 aliphatic heterocycles. The van der Waals surface area contributed by atoms with Gasteiger partial charge in [0.1, 0.15) is 6.54 Å². The highest BCUT2D eigenvalue weighted by molar-refractivity contribution is 14.0. The third-order valence-corrected chi connectivity index (χ3v) is 4.08. The number of guanidine groups is 1. The molecule has 2 N–H and O–H groups in total. The average Bonchev–Trinajstić information content (AvgIpc) is 3.03. The zero-order chi connectivity index (χ0) is 17.1. The number of halogens is 1. The van der Waals surface area contributed by atoms with Crippen molar-refractivity contribution in [2.75, 3.05) is 40.4 Å². The summed E-state index contributed by atoms with van der Waals surface area (Å²) in [5.74, 6) is 1.27. The van der Waals surface area contributed by atoms with E-state index < -0.39 is 0 Å². The monoisotopic (exact) mass is 454 g/mol. The van der Waals surface area contributed by atoms with Crippen molar-refractivity contribution in [3.8, 4) is 0 Å². The number of nitrogens with zero attached hydrogens (tertiary/aromatic N) is 2. The SMILES string of the molecule is CCCCCC(C)NC(=NCC(=O)N(C)C)NCC1CCOC1.I. The second kappa shape index (κ2) is 13.7. The Morgan fingerprint density at radius 2 is 2.12 bits per heavy atom. The summed E-state index contributed by atoms with van der Waals surface area (Å²) in [4.78, 5) is 17.8. The summed E-state index contributed by atoms with van der Waals surface area (Å²) >= 11 is 0. The summed E-state index contributed by atoms with van der Waals surface area (Å²) in [5, 5.41) is 6.79. The topological polar surface area (TPSA) is 66.0 Å². The lowest BCUT2D eigenvalue weighted by Gasteiger charge is -2.20. The average molecular weight is 454 g/mol. The van der Waals surface area contributed by atoms with Gasteiger partial charge in [-0.2, -0.15) is 0 Å². The first kappa shape index (κ1) is 23.4. The molecule has 0 spiro atoms. The molecular formula is C17H35IN4O2. The van der Waals surface area contributed by atoms with Crippen molar-refractivity contribution in [1.82, 2.24) is 15.5 Å². The van der Waals surface area contributed by atoms with Crippen molar-refractivity contribution >= 4 is 35.8 Å². The van der Waals surface area contributed by atoms with Gasteiger partial charge in [0.25, 0.3) is 0 Å². The summed E-state index contributed by atoms with van der Waals surface area (Å²) in [6.07, 6.45) is 5.89. The van der Waals surface area contributed by atoms with E-state index in [2.05, 4.69) is 29.5 Å². The van der Waals surface area contributed by atoms with Crippen LogP contribution in [-0.2, 0) is 9.53 Å². The zero-order valence-electron chi connectivity index (χ0n) is 15.6. The third-order valence-electron chi connectivity index (χ3n) is 4.08. The maximum absolute atomic E-state index is 11.7. The van der Waals surface area contributed by atoms with E-state index in [1.807, 2.05) is 0 Å². The predicted molar refractivity (Wildman–Crippen MR) is 110 cm³/mol. The molecule has 0 radical (unpaired) electrons. The molecule has 0 saturated carbocycles. The van der Waals surface area contributed by atoms with E-state index in [9.17, 15) is 4.79 Å². The molecule has 1 amide bonds. The molecule has 0 bridgehead atoms. The number of ether oxygens (including phenoxy) is 1. The van der Waals surface area contributed by atoms with E-state index in [0.717, 1.165) is 38.6 Å². The van der Waals surface area contributed by atoms with Gasteiger partial charge in [-0.25, -0.2) is 4.99 Å². The molecule has 1 rings (SSSR count). The summed E-state index contributed by atoms with van der Waals surface area (Å²) in [6.45, 7) is 7.04. The minimum Gasteiger partial charge on any atom is -0.381 e. The van der Waals surface area contributed by atoms with Crippen LogP contribution in [0.25, 0.3) is 0 Å². The van der Waals surface area contributed by atoms with Crippen LogP contribution >= 0.6 is 24.0 Å².